The van der Waals surface area contributed by atoms with E-state index in [9.17, 15) is 14.7 Å². The third kappa shape index (κ3) is 2.73. The number of hydrogen-bond donors (Lipinski definition) is 2. The molecule has 0 bridgehead atoms. The molecule has 2 unspecified atom stereocenters. The number of carboxylic acids is 1. The largest absolute Gasteiger partial charge is 0.480 e. The number of carbonyl (C=O) groups is 2. The fraction of sp³-hybridized carbons (Fsp3) is 0.867. The van der Waals surface area contributed by atoms with E-state index in [1.54, 1.807) is 0 Å². The molecular weight excluding hydrogens is 272 g/mol. The van der Waals surface area contributed by atoms with Crippen LogP contribution in [-0.4, -0.2) is 53.3 Å². The van der Waals surface area contributed by atoms with Gasteiger partial charge in [-0.1, -0.05) is 12.8 Å². The van der Waals surface area contributed by atoms with Crippen LogP contribution in [0.1, 0.15) is 44.9 Å². The van der Waals surface area contributed by atoms with Gasteiger partial charge in [-0.15, -0.1) is 0 Å². The van der Waals surface area contributed by atoms with E-state index < -0.39 is 11.5 Å². The van der Waals surface area contributed by atoms with E-state index in [2.05, 4.69) is 5.32 Å². The maximum absolute atomic E-state index is 12.6. The molecule has 0 aromatic carbocycles. The van der Waals surface area contributed by atoms with Crippen molar-refractivity contribution in [3.8, 4) is 0 Å². The zero-order valence-electron chi connectivity index (χ0n) is 12.3. The van der Waals surface area contributed by atoms with Crippen molar-refractivity contribution in [3.05, 3.63) is 0 Å². The van der Waals surface area contributed by atoms with E-state index in [1.807, 2.05) is 4.90 Å². The average Bonchev–Trinajstić information content (AvgIpc) is 2.92. The van der Waals surface area contributed by atoms with Crippen molar-refractivity contribution in [1.82, 2.24) is 10.2 Å². The smallest absolute Gasteiger partial charge is 0.329 e. The first-order valence-corrected chi connectivity index (χ1v) is 8.02. The van der Waals surface area contributed by atoms with E-state index in [0.717, 1.165) is 19.4 Å². The van der Waals surface area contributed by atoms with Crippen molar-refractivity contribution >= 4 is 12.0 Å². The van der Waals surface area contributed by atoms with Gasteiger partial charge in [0.05, 0.1) is 0 Å². The highest BCUT2D eigenvalue weighted by Gasteiger charge is 2.45. The number of nitrogens with one attached hydrogen (secondary N) is 1. The monoisotopic (exact) mass is 296 g/mol. The lowest BCUT2D eigenvalue weighted by molar-refractivity contribution is -0.148. The third-order valence-electron chi connectivity index (χ3n) is 5.37. The zero-order valence-corrected chi connectivity index (χ0v) is 12.3. The number of carbonyl (C=O) groups excluding carboxylic acids is 1. The van der Waals surface area contributed by atoms with E-state index in [1.165, 1.54) is 19.3 Å². The molecule has 6 heteroatoms. The van der Waals surface area contributed by atoms with Gasteiger partial charge in [-0.3, -0.25) is 0 Å². The second-order valence-electron chi connectivity index (χ2n) is 6.52. The molecule has 118 valence electrons. The Morgan fingerprint density at radius 3 is 2.57 bits per heavy atom. The number of ether oxygens (including phenoxy) is 1. The molecule has 2 N–H and O–H groups in total. The van der Waals surface area contributed by atoms with Gasteiger partial charge >= 0.3 is 12.0 Å². The van der Waals surface area contributed by atoms with Gasteiger partial charge in [0.25, 0.3) is 0 Å². The SMILES string of the molecule is O=C(NC1(C(=O)O)CCOCC1)N1CCC2CCCCC21. The molecule has 2 heterocycles. The standard InChI is InChI=1S/C15H24N2O4/c18-13(19)15(6-9-21-10-7-15)16-14(20)17-8-5-11-3-1-2-4-12(11)17/h11-12H,1-10H2,(H,16,20)(H,18,19). The van der Waals surface area contributed by atoms with Gasteiger partial charge in [0.15, 0.2) is 0 Å². The Labute approximate surface area is 124 Å². The Kier molecular flexibility index (Phi) is 4.06. The molecule has 0 aromatic heterocycles. The molecule has 2 aliphatic heterocycles. The molecule has 2 atom stereocenters. The van der Waals surface area contributed by atoms with Crippen molar-refractivity contribution in [2.75, 3.05) is 19.8 Å². The van der Waals surface area contributed by atoms with Gasteiger partial charge in [0.2, 0.25) is 0 Å². The van der Waals surface area contributed by atoms with E-state index in [-0.39, 0.29) is 6.03 Å². The van der Waals surface area contributed by atoms with E-state index in [0.29, 0.717) is 38.0 Å². The van der Waals surface area contributed by atoms with Crippen LogP contribution in [0.3, 0.4) is 0 Å². The molecule has 2 amide bonds. The molecule has 3 fully saturated rings. The van der Waals surface area contributed by atoms with Crippen molar-refractivity contribution in [1.29, 1.82) is 0 Å². The second kappa shape index (κ2) is 5.83. The number of likely N-dealkylation sites (tertiary alicyclic amines) is 1. The minimum absolute atomic E-state index is 0.200. The predicted octanol–water partition coefficient (Wildman–Crippen LogP) is 1.59. The summed E-state index contributed by atoms with van der Waals surface area (Å²) in [6.45, 7) is 1.53. The highest BCUT2D eigenvalue weighted by atomic mass is 16.5. The minimum atomic E-state index is -1.15. The Morgan fingerprint density at radius 1 is 1.14 bits per heavy atom. The van der Waals surface area contributed by atoms with Crippen molar-refractivity contribution in [3.63, 3.8) is 0 Å². The van der Waals surface area contributed by atoms with Crippen LogP contribution in [0.2, 0.25) is 0 Å². The molecule has 21 heavy (non-hydrogen) atoms. The molecule has 0 aromatic rings. The van der Waals surface area contributed by atoms with Crippen LogP contribution in [0.25, 0.3) is 0 Å². The molecule has 0 spiro atoms. The van der Waals surface area contributed by atoms with Crippen molar-refractivity contribution in [2.24, 2.45) is 5.92 Å². The normalized spacial score (nSPS) is 31.5. The number of amides is 2. The summed E-state index contributed by atoms with van der Waals surface area (Å²) in [5.41, 5.74) is -1.15. The van der Waals surface area contributed by atoms with Crippen LogP contribution < -0.4 is 5.32 Å². The predicted molar refractivity (Wildman–Crippen MR) is 76.0 cm³/mol. The zero-order chi connectivity index (χ0) is 14.9. The van der Waals surface area contributed by atoms with Crippen LogP contribution >= 0.6 is 0 Å². The topological polar surface area (TPSA) is 78.9 Å². The first-order chi connectivity index (χ1) is 10.1. The summed E-state index contributed by atoms with van der Waals surface area (Å²) in [6.07, 6.45) is 6.43. The quantitative estimate of drug-likeness (QED) is 0.811. The lowest BCUT2D eigenvalue weighted by Crippen LogP contribution is -2.61. The van der Waals surface area contributed by atoms with Crippen molar-refractivity contribution in [2.45, 2.75) is 56.5 Å². The molecule has 1 aliphatic carbocycles. The van der Waals surface area contributed by atoms with E-state index in [4.69, 9.17) is 4.74 Å². The van der Waals surface area contributed by atoms with Gasteiger partial charge in [0, 0.05) is 38.6 Å². The minimum Gasteiger partial charge on any atom is -0.480 e. The molecule has 3 rings (SSSR count). The lowest BCUT2D eigenvalue weighted by atomic mass is 9.85. The van der Waals surface area contributed by atoms with Gasteiger partial charge in [0.1, 0.15) is 5.54 Å². The van der Waals surface area contributed by atoms with Crippen LogP contribution in [0.5, 0.6) is 0 Å². The lowest BCUT2D eigenvalue weighted by Gasteiger charge is -2.37. The van der Waals surface area contributed by atoms with Gasteiger partial charge in [-0.2, -0.15) is 0 Å². The molecule has 2 saturated heterocycles. The van der Waals surface area contributed by atoms with Crippen LogP contribution in [0, 0.1) is 5.92 Å². The number of urea groups is 1. The summed E-state index contributed by atoms with van der Waals surface area (Å²) in [5.74, 6) is -0.335. The number of hydrogen-bond acceptors (Lipinski definition) is 3. The summed E-state index contributed by atoms with van der Waals surface area (Å²) in [4.78, 5) is 26.1. The first kappa shape index (κ1) is 14.6. The van der Waals surface area contributed by atoms with Crippen LogP contribution in [0.4, 0.5) is 4.79 Å². The Bertz CT molecular complexity index is 420. The number of fused-ring (bicyclic) bond motifs is 1. The number of aliphatic carboxylic acids is 1. The van der Waals surface area contributed by atoms with E-state index >= 15 is 0 Å². The summed E-state index contributed by atoms with van der Waals surface area (Å²) in [6, 6.07) is 0.109. The van der Waals surface area contributed by atoms with Gasteiger partial charge in [-0.05, 0) is 25.2 Å². The van der Waals surface area contributed by atoms with Gasteiger partial charge < -0.3 is 20.1 Å². The Balaban J connectivity index is 1.68. The Morgan fingerprint density at radius 2 is 1.86 bits per heavy atom. The second-order valence-corrected chi connectivity index (χ2v) is 6.52. The van der Waals surface area contributed by atoms with Crippen molar-refractivity contribution < 1.29 is 19.4 Å². The van der Waals surface area contributed by atoms with Crippen LogP contribution in [0.15, 0.2) is 0 Å². The summed E-state index contributed by atoms with van der Waals surface area (Å²) < 4.78 is 5.24. The highest BCUT2D eigenvalue weighted by molar-refractivity contribution is 5.86. The number of carboxylic acid groups (broad SMARTS) is 1. The number of nitrogens with zero attached hydrogens (tertiary/aromatic N) is 1. The highest BCUT2D eigenvalue weighted by Crippen LogP contribution is 2.36. The van der Waals surface area contributed by atoms with Gasteiger partial charge in [-0.25, -0.2) is 9.59 Å². The summed E-state index contributed by atoms with van der Waals surface area (Å²) in [7, 11) is 0. The summed E-state index contributed by atoms with van der Waals surface area (Å²) >= 11 is 0. The summed E-state index contributed by atoms with van der Waals surface area (Å²) in [5, 5.41) is 12.3. The third-order valence-corrected chi connectivity index (χ3v) is 5.37. The molecule has 0 radical (unpaired) electrons. The van der Waals surface area contributed by atoms with Crippen LogP contribution in [-0.2, 0) is 9.53 Å². The Hall–Kier alpha value is -1.30. The first-order valence-electron chi connectivity index (χ1n) is 8.02. The maximum atomic E-state index is 12.6. The average molecular weight is 296 g/mol. The fourth-order valence-electron chi connectivity index (χ4n) is 4.05. The molecule has 3 aliphatic rings. The molecule has 6 nitrogen and oxygen atoms in total. The maximum Gasteiger partial charge on any atom is 0.329 e. The molecule has 1 saturated carbocycles. The fourth-order valence-corrected chi connectivity index (χ4v) is 4.05. The number of rotatable bonds is 2. The molecular formula is C15H24N2O4.